The smallest absolute Gasteiger partial charge is 0.313 e. The SMILES string of the molecule is C=CCn1c(COc2cccc(CC)c2)nnc1SCC(=O)O. The van der Waals surface area contributed by atoms with Crippen LogP contribution in [-0.4, -0.2) is 31.6 Å². The van der Waals surface area contributed by atoms with E-state index in [0.29, 0.717) is 17.5 Å². The highest BCUT2D eigenvalue weighted by molar-refractivity contribution is 7.99. The normalized spacial score (nSPS) is 10.5. The zero-order chi connectivity index (χ0) is 16.7. The van der Waals surface area contributed by atoms with Crippen LogP contribution in [0.2, 0.25) is 0 Å². The Morgan fingerprint density at radius 3 is 3.00 bits per heavy atom. The summed E-state index contributed by atoms with van der Waals surface area (Å²) in [5.74, 6) is 0.462. The average Bonchev–Trinajstić information content (AvgIpc) is 2.93. The second-order valence-electron chi connectivity index (χ2n) is 4.77. The average molecular weight is 333 g/mol. The number of nitrogens with zero attached hydrogens (tertiary/aromatic N) is 3. The Hall–Kier alpha value is -2.28. The molecule has 2 rings (SSSR count). The predicted molar refractivity (Wildman–Crippen MR) is 88.7 cm³/mol. The highest BCUT2D eigenvalue weighted by atomic mass is 32.2. The van der Waals surface area contributed by atoms with Gasteiger partial charge in [-0.15, -0.1) is 16.8 Å². The molecular weight excluding hydrogens is 314 g/mol. The molecule has 0 unspecified atom stereocenters. The molecule has 0 fully saturated rings. The Kier molecular flexibility index (Phi) is 6.22. The first-order valence-corrected chi connectivity index (χ1v) is 8.22. The molecule has 0 saturated heterocycles. The number of carboxylic acids is 1. The summed E-state index contributed by atoms with van der Waals surface area (Å²) < 4.78 is 7.59. The summed E-state index contributed by atoms with van der Waals surface area (Å²) in [4.78, 5) is 10.7. The number of benzene rings is 1. The molecule has 0 aliphatic carbocycles. The molecule has 0 bridgehead atoms. The lowest BCUT2D eigenvalue weighted by molar-refractivity contribution is -0.133. The van der Waals surface area contributed by atoms with Crippen molar-refractivity contribution < 1.29 is 14.6 Å². The molecule has 0 saturated carbocycles. The number of carbonyl (C=O) groups is 1. The van der Waals surface area contributed by atoms with Gasteiger partial charge in [0.15, 0.2) is 11.0 Å². The molecule has 122 valence electrons. The first-order chi connectivity index (χ1) is 11.1. The number of aryl methyl sites for hydroxylation is 1. The molecule has 2 aromatic rings. The largest absolute Gasteiger partial charge is 0.486 e. The predicted octanol–water partition coefficient (Wildman–Crippen LogP) is 2.78. The van der Waals surface area contributed by atoms with Gasteiger partial charge in [-0.2, -0.15) is 0 Å². The monoisotopic (exact) mass is 333 g/mol. The van der Waals surface area contributed by atoms with Gasteiger partial charge >= 0.3 is 5.97 Å². The molecule has 0 aliphatic heterocycles. The third-order valence-electron chi connectivity index (χ3n) is 3.10. The number of aliphatic carboxylic acids is 1. The Morgan fingerprint density at radius 2 is 2.30 bits per heavy atom. The number of hydrogen-bond acceptors (Lipinski definition) is 5. The van der Waals surface area contributed by atoms with Crippen molar-refractivity contribution in [2.75, 3.05) is 5.75 Å². The van der Waals surface area contributed by atoms with Crippen LogP contribution >= 0.6 is 11.8 Å². The van der Waals surface area contributed by atoms with Crippen molar-refractivity contribution in [1.82, 2.24) is 14.8 Å². The van der Waals surface area contributed by atoms with Crippen molar-refractivity contribution >= 4 is 17.7 Å². The van der Waals surface area contributed by atoms with E-state index in [1.807, 2.05) is 28.8 Å². The van der Waals surface area contributed by atoms with Crippen molar-refractivity contribution in [2.24, 2.45) is 0 Å². The molecule has 0 radical (unpaired) electrons. The Balaban J connectivity index is 2.09. The van der Waals surface area contributed by atoms with Crippen LogP contribution in [0.25, 0.3) is 0 Å². The molecule has 0 aliphatic rings. The van der Waals surface area contributed by atoms with E-state index in [1.54, 1.807) is 6.08 Å². The second kappa shape index (κ2) is 8.38. The molecule has 1 aromatic carbocycles. The summed E-state index contributed by atoms with van der Waals surface area (Å²) in [6.45, 7) is 6.57. The standard InChI is InChI=1S/C16H19N3O3S/c1-3-8-19-14(17-18-16(19)23-11-15(20)21)10-22-13-7-5-6-12(4-2)9-13/h3,5-7,9H,1,4,8,10-11H2,2H3,(H,20,21). The molecule has 0 amide bonds. The van der Waals surface area contributed by atoms with Gasteiger partial charge < -0.3 is 9.84 Å². The van der Waals surface area contributed by atoms with Crippen LogP contribution in [0.4, 0.5) is 0 Å². The lowest BCUT2D eigenvalue weighted by Crippen LogP contribution is -2.08. The van der Waals surface area contributed by atoms with Gasteiger partial charge in [0.05, 0.1) is 5.75 Å². The van der Waals surface area contributed by atoms with Crippen molar-refractivity contribution in [2.45, 2.75) is 31.7 Å². The minimum absolute atomic E-state index is 0.0608. The van der Waals surface area contributed by atoms with E-state index < -0.39 is 5.97 Å². The number of hydrogen-bond donors (Lipinski definition) is 1. The van der Waals surface area contributed by atoms with E-state index in [2.05, 4.69) is 23.7 Å². The van der Waals surface area contributed by atoms with Gasteiger partial charge in [0.2, 0.25) is 0 Å². The number of allylic oxidation sites excluding steroid dienone is 1. The molecule has 6 nitrogen and oxygen atoms in total. The minimum Gasteiger partial charge on any atom is -0.486 e. The third kappa shape index (κ3) is 4.85. The van der Waals surface area contributed by atoms with Crippen molar-refractivity contribution in [3.05, 3.63) is 48.3 Å². The number of ether oxygens (including phenoxy) is 1. The molecule has 7 heteroatoms. The van der Waals surface area contributed by atoms with Crippen LogP contribution in [0.5, 0.6) is 5.75 Å². The van der Waals surface area contributed by atoms with Gasteiger partial charge in [0.25, 0.3) is 0 Å². The highest BCUT2D eigenvalue weighted by Gasteiger charge is 2.13. The number of aromatic nitrogens is 3. The van der Waals surface area contributed by atoms with Crippen molar-refractivity contribution in [1.29, 1.82) is 0 Å². The summed E-state index contributed by atoms with van der Waals surface area (Å²) in [7, 11) is 0. The van der Waals surface area contributed by atoms with Gasteiger partial charge in [0.1, 0.15) is 12.4 Å². The minimum atomic E-state index is -0.891. The van der Waals surface area contributed by atoms with Crippen LogP contribution in [0, 0.1) is 0 Å². The van der Waals surface area contributed by atoms with Crippen LogP contribution in [0.3, 0.4) is 0 Å². The summed E-state index contributed by atoms with van der Waals surface area (Å²) in [6.07, 6.45) is 2.66. The summed E-state index contributed by atoms with van der Waals surface area (Å²) >= 11 is 1.13. The summed E-state index contributed by atoms with van der Waals surface area (Å²) in [6, 6.07) is 7.90. The Morgan fingerprint density at radius 1 is 1.48 bits per heavy atom. The molecule has 0 atom stereocenters. The van der Waals surface area contributed by atoms with E-state index in [4.69, 9.17) is 9.84 Å². The van der Waals surface area contributed by atoms with Crippen LogP contribution in [-0.2, 0) is 24.4 Å². The quantitative estimate of drug-likeness (QED) is 0.562. The van der Waals surface area contributed by atoms with Gasteiger partial charge in [-0.3, -0.25) is 9.36 Å². The van der Waals surface area contributed by atoms with E-state index in [-0.39, 0.29) is 12.4 Å². The zero-order valence-corrected chi connectivity index (χ0v) is 13.8. The fraction of sp³-hybridized carbons (Fsp3) is 0.312. The van der Waals surface area contributed by atoms with Crippen LogP contribution in [0.1, 0.15) is 18.3 Å². The van der Waals surface area contributed by atoms with E-state index >= 15 is 0 Å². The first-order valence-electron chi connectivity index (χ1n) is 7.23. The van der Waals surface area contributed by atoms with Crippen LogP contribution < -0.4 is 4.74 Å². The Bertz CT molecular complexity index is 685. The van der Waals surface area contributed by atoms with Crippen molar-refractivity contribution in [3.63, 3.8) is 0 Å². The second-order valence-corrected chi connectivity index (χ2v) is 5.71. The lowest BCUT2D eigenvalue weighted by atomic mass is 10.2. The third-order valence-corrected chi connectivity index (χ3v) is 4.06. The molecule has 1 N–H and O–H groups in total. The maximum Gasteiger partial charge on any atom is 0.313 e. The number of carboxylic acid groups (broad SMARTS) is 1. The fourth-order valence-electron chi connectivity index (χ4n) is 1.97. The molecule has 0 spiro atoms. The van der Waals surface area contributed by atoms with Gasteiger partial charge in [0, 0.05) is 6.54 Å². The first kappa shape index (κ1) is 17.1. The molecule has 1 aromatic heterocycles. The molecular formula is C16H19N3O3S. The van der Waals surface area contributed by atoms with E-state index in [9.17, 15) is 4.79 Å². The van der Waals surface area contributed by atoms with Gasteiger partial charge in [-0.05, 0) is 24.1 Å². The Labute approximate surface area is 139 Å². The van der Waals surface area contributed by atoms with Crippen molar-refractivity contribution in [3.8, 4) is 5.75 Å². The highest BCUT2D eigenvalue weighted by Crippen LogP contribution is 2.19. The van der Waals surface area contributed by atoms with Gasteiger partial charge in [-0.25, -0.2) is 0 Å². The van der Waals surface area contributed by atoms with Gasteiger partial charge in [-0.1, -0.05) is 36.9 Å². The van der Waals surface area contributed by atoms with Crippen LogP contribution in [0.15, 0.2) is 42.1 Å². The number of rotatable bonds is 9. The topological polar surface area (TPSA) is 77.2 Å². The maximum absolute atomic E-state index is 10.7. The maximum atomic E-state index is 10.7. The summed E-state index contributed by atoms with van der Waals surface area (Å²) in [5, 5.41) is 17.5. The summed E-state index contributed by atoms with van der Waals surface area (Å²) in [5.41, 5.74) is 1.20. The fourth-order valence-corrected chi connectivity index (χ4v) is 2.66. The lowest BCUT2D eigenvalue weighted by Gasteiger charge is -2.09. The number of thioether (sulfide) groups is 1. The zero-order valence-electron chi connectivity index (χ0n) is 12.9. The van der Waals surface area contributed by atoms with E-state index in [1.165, 1.54) is 5.56 Å². The molecule has 1 heterocycles. The molecule has 23 heavy (non-hydrogen) atoms. The van der Waals surface area contributed by atoms with E-state index in [0.717, 1.165) is 23.9 Å².